The average molecular weight is 358 g/mol. The summed E-state index contributed by atoms with van der Waals surface area (Å²) in [6, 6.07) is 7.17. The van der Waals surface area contributed by atoms with Crippen LogP contribution in [0.2, 0.25) is 0 Å². The third-order valence-corrected chi connectivity index (χ3v) is 5.06. The van der Waals surface area contributed by atoms with E-state index in [1.165, 1.54) is 29.7 Å². The summed E-state index contributed by atoms with van der Waals surface area (Å²) in [7, 11) is 3.55. The molecule has 1 saturated carbocycles. The number of amides is 1. The zero-order valence-corrected chi connectivity index (χ0v) is 16.5. The minimum absolute atomic E-state index is 0.0362. The molecule has 1 aliphatic heterocycles. The Hall–Kier alpha value is -2.24. The first kappa shape index (κ1) is 18.5. The SMILES string of the molecule is Cc1ccc(C)c(N2CCN(C(=NCC(=O)N(C)C)NC3CC3)CC2)c1. The van der Waals surface area contributed by atoms with Gasteiger partial charge < -0.3 is 20.0 Å². The number of carbonyl (C=O) groups is 1. The Balaban J connectivity index is 1.64. The predicted molar refractivity (Wildman–Crippen MR) is 107 cm³/mol. The fourth-order valence-electron chi connectivity index (χ4n) is 3.15. The first-order chi connectivity index (χ1) is 12.4. The largest absolute Gasteiger partial charge is 0.368 e. The average Bonchev–Trinajstić information content (AvgIpc) is 3.44. The molecule has 3 rings (SSSR count). The summed E-state index contributed by atoms with van der Waals surface area (Å²) in [5, 5.41) is 3.52. The fraction of sp³-hybridized carbons (Fsp3) is 0.600. The molecule has 1 aromatic carbocycles. The van der Waals surface area contributed by atoms with E-state index in [-0.39, 0.29) is 12.5 Å². The number of hydrogen-bond donors (Lipinski definition) is 1. The van der Waals surface area contributed by atoms with Gasteiger partial charge in [0.25, 0.3) is 0 Å². The number of benzene rings is 1. The molecule has 6 nitrogen and oxygen atoms in total. The molecule has 1 N–H and O–H groups in total. The van der Waals surface area contributed by atoms with Crippen molar-refractivity contribution < 1.29 is 4.79 Å². The molecule has 0 aromatic heterocycles. The molecule has 1 saturated heterocycles. The summed E-state index contributed by atoms with van der Waals surface area (Å²) in [6.45, 7) is 8.30. The second-order valence-corrected chi connectivity index (χ2v) is 7.61. The van der Waals surface area contributed by atoms with Gasteiger partial charge in [-0.15, -0.1) is 0 Å². The Labute approximate surface area is 156 Å². The van der Waals surface area contributed by atoms with Crippen molar-refractivity contribution in [3.8, 4) is 0 Å². The molecule has 0 bridgehead atoms. The number of aliphatic imine (C=N–C) groups is 1. The van der Waals surface area contributed by atoms with E-state index in [0.29, 0.717) is 6.04 Å². The molecule has 0 spiro atoms. The Morgan fingerprint density at radius 1 is 1.19 bits per heavy atom. The van der Waals surface area contributed by atoms with Crippen LogP contribution in [0, 0.1) is 13.8 Å². The number of likely N-dealkylation sites (N-methyl/N-ethyl adjacent to an activating group) is 1. The summed E-state index contributed by atoms with van der Waals surface area (Å²) in [5.74, 6) is 0.928. The molecule has 0 atom stereocenters. The highest BCUT2D eigenvalue weighted by atomic mass is 16.2. The fourth-order valence-corrected chi connectivity index (χ4v) is 3.15. The molecule has 0 radical (unpaired) electrons. The number of piperazine rings is 1. The smallest absolute Gasteiger partial charge is 0.243 e. The lowest BCUT2D eigenvalue weighted by atomic mass is 10.1. The van der Waals surface area contributed by atoms with Crippen molar-refractivity contribution in [2.24, 2.45) is 4.99 Å². The van der Waals surface area contributed by atoms with Crippen molar-refractivity contribution in [1.82, 2.24) is 15.1 Å². The summed E-state index contributed by atoms with van der Waals surface area (Å²) in [5.41, 5.74) is 3.96. The monoisotopic (exact) mass is 357 g/mol. The second-order valence-electron chi connectivity index (χ2n) is 7.61. The molecule has 26 heavy (non-hydrogen) atoms. The number of rotatable bonds is 4. The topological polar surface area (TPSA) is 51.2 Å². The molecule has 1 aliphatic carbocycles. The van der Waals surface area contributed by atoms with Gasteiger partial charge >= 0.3 is 0 Å². The normalized spacial score (nSPS) is 18.1. The molecule has 1 amide bonds. The van der Waals surface area contributed by atoms with Gasteiger partial charge in [0.05, 0.1) is 0 Å². The Kier molecular flexibility index (Phi) is 5.69. The van der Waals surface area contributed by atoms with Crippen LogP contribution < -0.4 is 10.2 Å². The maximum atomic E-state index is 11.9. The third-order valence-electron chi connectivity index (χ3n) is 5.06. The minimum atomic E-state index is 0.0362. The number of anilines is 1. The molecule has 142 valence electrons. The van der Waals surface area contributed by atoms with Crippen LogP contribution in [0.5, 0.6) is 0 Å². The summed E-state index contributed by atoms with van der Waals surface area (Å²) < 4.78 is 0. The van der Waals surface area contributed by atoms with Crippen molar-refractivity contribution in [3.63, 3.8) is 0 Å². The number of nitrogens with zero attached hydrogens (tertiary/aromatic N) is 4. The first-order valence-electron chi connectivity index (χ1n) is 9.52. The second kappa shape index (κ2) is 7.98. The Morgan fingerprint density at radius 2 is 1.88 bits per heavy atom. The van der Waals surface area contributed by atoms with E-state index in [9.17, 15) is 4.79 Å². The van der Waals surface area contributed by atoms with Crippen LogP contribution in [-0.4, -0.2) is 74.5 Å². The van der Waals surface area contributed by atoms with Gasteiger partial charge in [0.2, 0.25) is 5.91 Å². The molecule has 1 aromatic rings. The predicted octanol–water partition coefficient (Wildman–Crippen LogP) is 1.62. The van der Waals surface area contributed by atoms with Crippen LogP contribution in [0.1, 0.15) is 24.0 Å². The third kappa shape index (κ3) is 4.68. The molecular formula is C20H31N5O. The van der Waals surface area contributed by atoms with Crippen molar-refractivity contribution in [1.29, 1.82) is 0 Å². The van der Waals surface area contributed by atoms with E-state index < -0.39 is 0 Å². The van der Waals surface area contributed by atoms with Crippen LogP contribution in [-0.2, 0) is 4.79 Å². The number of guanidine groups is 1. The standard InChI is InChI=1S/C20H31N5O/c1-15-5-6-16(2)18(13-15)24-9-11-25(12-10-24)20(22-17-7-8-17)21-14-19(26)23(3)4/h5-6,13,17H,7-12,14H2,1-4H3,(H,21,22). The van der Waals surface area contributed by atoms with Gasteiger partial charge in [0.1, 0.15) is 6.54 Å². The zero-order chi connectivity index (χ0) is 18.7. The maximum Gasteiger partial charge on any atom is 0.243 e. The van der Waals surface area contributed by atoms with Crippen molar-refractivity contribution in [2.45, 2.75) is 32.7 Å². The van der Waals surface area contributed by atoms with E-state index in [1.54, 1.807) is 19.0 Å². The highest BCUT2D eigenvalue weighted by Crippen LogP contribution is 2.23. The van der Waals surface area contributed by atoms with Gasteiger partial charge in [-0.1, -0.05) is 12.1 Å². The number of nitrogens with one attached hydrogen (secondary N) is 1. The summed E-state index contributed by atoms with van der Waals surface area (Å²) in [6.07, 6.45) is 2.40. The quantitative estimate of drug-likeness (QED) is 0.657. The highest BCUT2D eigenvalue weighted by Gasteiger charge is 2.27. The van der Waals surface area contributed by atoms with Gasteiger partial charge in [-0.3, -0.25) is 4.79 Å². The molecule has 2 aliphatic rings. The molecular weight excluding hydrogens is 326 g/mol. The minimum Gasteiger partial charge on any atom is -0.368 e. The van der Waals surface area contributed by atoms with Gasteiger partial charge in [-0.2, -0.15) is 0 Å². The lowest BCUT2D eigenvalue weighted by Crippen LogP contribution is -2.53. The summed E-state index contributed by atoms with van der Waals surface area (Å²) >= 11 is 0. The number of aryl methyl sites for hydroxylation is 2. The zero-order valence-electron chi connectivity index (χ0n) is 16.5. The van der Waals surface area contributed by atoms with Crippen LogP contribution in [0.4, 0.5) is 5.69 Å². The van der Waals surface area contributed by atoms with Gasteiger partial charge in [0, 0.05) is 52.0 Å². The lowest BCUT2D eigenvalue weighted by Gasteiger charge is -2.38. The van der Waals surface area contributed by atoms with E-state index >= 15 is 0 Å². The van der Waals surface area contributed by atoms with E-state index in [2.05, 4.69) is 52.2 Å². The maximum absolute atomic E-state index is 11.9. The lowest BCUT2D eigenvalue weighted by molar-refractivity contribution is -0.127. The van der Waals surface area contributed by atoms with Crippen LogP contribution in [0.25, 0.3) is 0 Å². The van der Waals surface area contributed by atoms with Gasteiger partial charge in [-0.05, 0) is 43.9 Å². The van der Waals surface area contributed by atoms with Gasteiger partial charge in [-0.25, -0.2) is 4.99 Å². The van der Waals surface area contributed by atoms with Crippen LogP contribution >= 0.6 is 0 Å². The van der Waals surface area contributed by atoms with Crippen molar-refractivity contribution >= 4 is 17.6 Å². The Bertz CT molecular complexity index is 673. The first-order valence-corrected chi connectivity index (χ1v) is 9.52. The highest BCUT2D eigenvalue weighted by molar-refractivity contribution is 5.85. The molecule has 2 fully saturated rings. The van der Waals surface area contributed by atoms with E-state index in [0.717, 1.165) is 32.1 Å². The van der Waals surface area contributed by atoms with Crippen LogP contribution in [0.3, 0.4) is 0 Å². The Morgan fingerprint density at radius 3 is 2.50 bits per heavy atom. The van der Waals surface area contributed by atoms with Crippen molar-refractivity contribution in [3.05, 3.63) is 29.3 Å². The van der Waals surface area contributed by atoms with E-state index in [1.807, 2.05) is 0 Å². The van der Waals surface area contributed by atoms with E-state index in [4.69, 9.17) is 0 Å². The molecule has 0 unspecified atom stereocenters. The summed E-state index contributed by atoms with van der Waals surface area (Å²) in [4.78, 5) is 22.8. The number of hydrogen-bond acceptors (Lipinski definition) is 3. The van der Waals surface area contributed by atoms with Crippen molar-refractivity contribution in [2.75, 3.05) is 51.7 Å². The van der Waals surface area contributed by atoms with Crippen LogP contribution in [0.15, 0.2) is 23.2 Å². The number of carbonyl (C=O) groups excluding carboxylic acids is 1. The molecule has 1 heterocycles. The van der Waals surface area contributed by atoms with Gasteiger partial charge in [0.15, 0.2) is 5.96 Å². The molecule has 6 heteroatoms.